The van der Waals surface area contributed by atoms with Crippen molar-refractivity contribution in [3.63, 3.8) is 0 Å². The Morgan fingerprint density at radius 3 is 2.52 bits per heavy atom. The van der Waals surface area contributed by atoms with Crippen LogP contribution in [0.2, 0.25) is 0 Å². The maximum absolute atomic E-state index is 12.4. The van der Waals surface area contributed by atoms with Crippen LogP contribution in [0.5, 0.6) is 0 Å². The molecule has 6 heteroatoms. The molecule has 0 bridgehead atoms. The van der Waals surface area contributed by atoms with E-state index in [9.17, 15) is 14.7 Å². The van der Waals surface area contributed by atoms with Gasteiger partial charge in [0, 0.05) is 21.4 Å². The van der Waals surface area contributed by atoms with Crippen LogP contribution in [0.3, 0.4) is 0 Å². The zero-order valence-corrected chi connectivity index (χ0v) is 13.8. The van der Waals surface area contributed by atoms with Gasteiger partial charge in [-0.05, 0) is 30.0 Å². The van der Waals surface area contributed by atoms with Crippen LogP contribution in [0.15, 0.2) is 47.2 Å². The lowest BCUT2D eigenvalue weighted by molar-refractivity contribution is 0.0699. The smallest absolute Gasteiger partial charge is 0.339 e. The Bertz CT molecular complexity index is 866. The van der Waals surface area contributed by atoms with Gasteiger partial charge in [-0.2, -0.15) is 0 Å². The van der Waals surface area contributed by atoms with E-state index < -0.39 is 5.97 Å². The summed E-state index contributed by atoms with van der Waals surface area (Å²) in [5.41, 5.74) is 2.16. The van der Waals surface area contributed by atoms with Gasteiger partial charge in [0.15, 0.2) is 0 Å². The highest BCUT2D eigenvalue weighted by Crippen LogP contribution is 2.37. The maximum Gasteiger partial charge on any atom is 0.339 e. The first-order chi connectivity index (χ1) is 11.1. The van der Waals surface area contributed by atoms with Crippen LogP contribution in [-0.2, 0) is 0 Å². The average Bonchev–Trinajstić information content (AvgIpc) is 3.16. The van der Waals surface area contributed by atoms with Gasteiger partial charge >= 0.3 is 5.97 Å². The molecule has 3 rings (SSSR count). The van der Waals surface area contributed by atoms with E-state index in [0.29, 0.717) is 16.1 Å². The quantitative estimate of drug-likeness (QED) is 0.719. The number of hydrogen-bond donors (Lipinski definition) is 2. The van der Waals surface area contributed by atoms with Crippen molar-refractivity contribution < 1.29 is 14.7 Å². The van der Waals surface area contributed by atoms with Gasteiger partial charge in [0.2, 0.25) is 0 Å². The molecule has 0 radical (unpaired) electrons. The first kappa shape index (κ1) is 15.5. The lowest BCUT2D eigenvalue weighted by atomic mass is 10.1. The Hall–Kier alpha value is -2.44. The Kier molecular flexibility index (Phi) is 4.27. The minimum atomic E-state index is -1.05. The highest BCUT2D eigenvalue weighted by Gasteiger charge is 2.22. The van der Waals surface area contributed by atoms with E-state index in [4.69, 9.17) is 0 Å². The van der Waals surface area contributed by atoms with Gasteiger partial charge in [-0.3, -0.25) is 4.79 Å². The Morgan fingerprint density at radius 1 is 1.09 bits per heavy atom. The summed E-state index contributed by atoms with van der Waals surface area (Å²) in [5.74, 6) is -1.35. The van der Waals surface area contributed by atoms with Crippen LogP contribution in [0.4, 0.5) is 5.00 Å². The summed E-state index contributed by atoms with van der Waals surface area (Å²) in [6.45, 7) is 1.85. The lowest BCUT2D eigenvalue weighted by Gasteiger charge is -2.07. The summed E-state index contributed by atoms with van der Waals surface area (Å²) in [7, 11) is 0. The Morgan fingerprint density at radius 2 is 1.87 bits per heavy atom. The van der Waals surface area contributed by atoms with Crippen molar-refractivity contribution in [2.24, 2.45) is 0 Å². The number of hydrogen-bond acceptors (Lipinski definition) is 4. The highest BCUT2D eigenvalue weighted by molar-refractivity contribution is 7.17. The lowest BCUT2D eigenvalue weighted by Crippen LogP contribution is -2.14. The van der Waals surface area contributed by atoms with E-state index in [1.807, 2.05) is 36.6 Å². The minimum absolute atomic E-state index is 0.138. The molecule has 0 atom stereocenters. The minimum Gasteiger partial charge on any atom is -0.478 e. The predicted octanol–water partition coefficient (Wildman–Crippen LogP) is 4.74. The number of carbonyl (C=O) groups excluding carboxylic acids is 1. The standard InChI is InChI=1S/C17H13NO3S2/c1-10-5-2-3-6-11(10)15(19)18-16-14(17(20)21)12(9-23-16)13-7-4-8-22-13/h2-9H,1H3,(H,18,19)(H,20,21). The number of carbonyl (C=O) groups is 2. The average molecular weight is 343 g/mol. The van der Waals surface area contributed by atoms with E-state index in [1.165, 1.54) is 22.7 Å². The number of rotatable bonds is 4. The molecule has 2 heterocycles. The van der Waals surface area contributed by atoms with Crippen LogP contribution in [-0.4, -0.2) is 17.0 Å². The number of thiophene rings is 2. The van der Waals surface area contributed by atoms with Crippen molar-refractivity contribution in [1.82, 2.24) is 0 Å². The van der Waals surface area contributed by atoms with Crippen molar-refractivity contribution >= 4 is 39.6 Å². The molecule has 0 saturated carbocycles. The van der Waals surface area contributed by atoms with Gasteiger partial charge < -0.3 is 10.4 Å². The summed E-state index contributed by atoms with van der Waals surface area (Å²) in [5, 5.41) is 16.3. The SMILES string of the molecule is Cc1ccccc1C(=O)Nc1scc(-c2cccs2)c1C(=O)O. The van der Waals surface area contributed by atoms with Crippen molar-refractivity contribution in [2.45, 2.75) is 6.92 Å². The van der Waals surface area contributed by atoms with Crippen molar-refractivity contribution in [1.29, 1.82) is 0 Å². The fourth-order valence-electron chi connectivity index (χ4n) is 2.27. The van der Waals surface area contributed by atoms with Gasteiger partial charge in [0.25, 0.3) is 5.91 Å². The van der Waals surface area contributed by atoms with Crippen molar-refractivity contribution in [3.8, 4) is 10.4 Å². The third-order valence-electron chi connectivity index (χ3n) is 3.41. The number of aromatic carboxylic acids is 1. The predicted molar refractivity (Wildman–Crippen MR) is 93.7 cm³/mol. The van der Waals surface area contributed by atoms with Crippen molar-refractivity contribution in [2.75, 3.05) is 5.32 Å². The molecule has 1 amide bonds. The number of nitrogens with one attached hydrogen (secondary N) is 1. The number of anilines is 1. The molecule has 1 aromatic carbocycles. The summed E-state index contributed by atoms with van der Waals surface area (Å²) < 4.78 is 0. The molecule has 0 saturated heterocycles. The third-order valence-corrected chi connectivity index (χ3v) is 5.21. The normalized spacial score (nSPS) is 10.5. The zero-order chi connectivity index (χ0) is 16.4. The number of amides is 1. The molecule has 116 valence electrons. The molecule has 2 aromatic heterocycles. The Labute approximate surface area is 141 Å². The molecule has 2 N–H and O–H groups in total. The van der Waals surface area contributed by atoms with Gasteiger partial charge in [0.05, 0.1) is 0 Å². The Balaban J connectivity index is 1.97. The van der Waals surface area contributed by atoms with Crippen LogP contribution >= 0.6 is 22.7 Å². The van der Waals surface area contributed by atoms with E-state index in [1.54, 1.807) is 17.5 Å². The largest absolute Gasteiger partial charge is 0.478 e. The monoisotopic (exact) mass is 343 g/mol. The second-order valence-electron chi connectivity index (χ2n) is 4.91. The molecule has 0 fully saturated rings. The fraction of sp³-hybridized carbons (Fsp3) is 0.0588. The van der Waals surface area contributed by atoms with Crippen molar-refractivity contribution in [3.05, 3.63) is 63.8 Å². The number of carboxylic acids is 1. The fourth-order valence-corrected chi connectivity index (χ4v) is 4.04. The molecule has 0 spiro atoms. The molecule has 0 unspecified atom stereocenters. The van der Waals surface area contributed by atoms with Gasteiger partial charge in [-0.25, -0.2) is 4.79 Å². The van der Waals surface area contributed by atoms with Crippen LogP contribution in [0.1, 0.15) is 26.3 Å². The molecule has 3 aromatic rings. The van der Waals surface area contributed by atoms with Crippen LogP contribution in [0, 0.1) is 6.92 Å². The molecule has 0 aliphatic rings. The maximum atomic E-state index is 12.4. The zero-order valence-electron chi connectivity index (χ0n) is 12.2. The molecular formula is C17H13NO3S2. The third kappa shape index (κ3) is 3.04. The second-order valence-corrected chi connectivity index (χ2v) is 6.73. The molecule has 23 heavy (non-hydrogen) atoms. The number of carboxylic acid groups (broad SMARTS) is 1. The van der Waals surface area contributed by atoms with Gasteiger partial charge in [0.1, 0.15) is 10.6 Å². The first-order valence-corrected chi connectivity index (χ1v) is 8.59. The molecular weight excluding hydrogens is 330 g/mol. The van der Waals surface area contributed by atoms with Gasteiger partial charge in [-0.15, -0.1) is 22.7 Å². The summed E-state index contributed by atoms with van der Waals surface area (Å²) in [6.07, 6.45) is 0. The first-order valence-electron chi connectivity index (χ1n) is 6.83. The summed E-state index contributed by atoms with van der Waals surface area (Å²) in [6, 6.07) is 10.9. The number of benzene rings is 1. The molecule has 4 nitrogen and oxygen atoms in total. The topological polar surface area (TPSA) is 66.4 Å². The second kappa shape index (κ2) is 6.36. The van der Waals surface area contributed by atoms with Crippen LogP contribution < -0.4 is 5.32 Å². The number of aryl methyl sites for hydroxylation is 1. The summed E-state index contributed by atoms with van der Waals surface area (Å²) >= 11 is 2.69. The van der Waals surface area contributed by atoms with E-state index in [2.05, 4.69) is 5.32 Å². The highest BCUT2D eigenvalue weighted by atomic mass is 32.1. The summed E-state index contributed by atoms with van der Waals surface area (Å²) in [4.78, 5) is 24.9. The van der Waals surface area contributed by atoms with E-state index in [0.717, 1.165) is 10.4 Å². The van der Waals surface area contributed by atoms with Gasteiger partial charge in [-0.1, -0.05) is 24.3 Å². The van der Waals surface area contributed by atoms with E-state index in [-0.39, 0.29) is 11.5 Å². The molecule has 0 aliphatic heterocycles. The van der Waals surface area contributed by atoms with E-state index >= 15 is 0 Å². The van der Waals surface area contributed by atoms with Crippen LogP contribution in [0.25, 0.3) is 10.4 Å². The molecule has 0 aliphatic carbocycles.